The molecule has 1 heterocycles. The molecule has 1 aliphatic carbocycles. The number of hydrogen-bond donors (Lipinski definition) is 3. The highest BCUT2D eigenvalue weighted by Gasteiger charge is 2.28. The van der Waals surface area contributed by atoms with Crippen molar-refractivity contribution in [2.45, 2.75) is 31.4 Å². The summed E-state index contributed by atoms with van der Waals surface area (Å²) in [5, 5.41) is 18.1. The largest absolute Gasteiger partial charge is 0.496 e. The number of urea groups is 1. The van der Waals surface area contributed by atoms with Crippen LogP contribution in [0.2, 0.25) is 0 Å². The van der Waals surface area contributed by atoms with Crippen LogP contribution in [0.25, 0.3) is 0 Å². The molecule has 3 N–H and O–H groups in total. The van der Waals surface area contributed by atoms with Gasteiger partial charge in [0.1, 0.15) is 11.4 Å². The minimum absolute atomic E-state index is 0.0261. The van der Waals surface area contributed by atoms with Crippen LogP contribution in [-0.2, 0) is 12.0 Å². The Balaban J connectivity index is 1.59. The van der Waals surface area contributed by atoms with E-state index in [1.165, 1.54) is 11.3 Å². The van der Waals surface area contributed by atoms with Crippen molar-refractivity contribution in [1.82, 2.24) is 10.6 Å². The van der Waals surface area contributed by atoms with Crippen molar-refractivity contribution < 1.29 is 14.6 Å². The first-order chi connectivity index (χ1) is 11.5. The Morgan fingerprint density at radius 1 is 1.42 bits per heavy atom. The number of methoxy groups -OCH3 is 1. The predicted molar refractivity (Wildman–Crippen MR) is 94.5 cm³/mol. The van der Waals surface area contributed by atoms with Gasteiger partial charge in [0.2, 0.25) is 0 Å². The summed E-state index contributed by atoms with van der Waals surface area (Å²) in [5.41, 5.74) is 1.20. The summed E-state index contributed by atoms with van der Waals surface area (Å²) < 4.78 is 5.38. The second-order valence-electron chi connectivity index (χ2n) is 6.20. The number of benzene rings is 1. The average molecular weight is 346 g/mol. The SMILES string of the molecule is COc1cccc2c1CC[C@H]2NC(=O)NC[C@@](C)(O)c1cccs1. The number of fused-ring (bicyclic) bond motifs is 1. The smallest absolute Gasteiger partial charge is 0.315 e. The van der Waals surface area contributed by atoms with Gasteiger partial charge in [-0.2, -0.15) is 0 Å². The molecule has 2 amide bonds. The molecule has 0 saturated heterocycles. The summed E-state index contributed by atoms with van der Waals surface area (Å²) in [6.07, 6.45) is 1.74. The molecule has 0 fully saturated rings. The first-order valence-electron chi connectivity index (χ1n) is 7.98. The molecule has 0 saturated carbocycles. The molecule has 1 aliphatic rings. The standard InChI is InChI=1S/C18H22N2O3S/c1-18(22,16-7-4-10-24-16)11-19-17(21)20-14-9-8-13-12(14)5-3-6-15(13)23-2/h3-7,10,14,22H,8-9,11H2,1-2H3,(H2,19,20,21)/t14-,18-/m1/s1. The molecular formula is C18H22N2O3S. The third kappa shape index (κ3) is 3.39. The zero-order valence-electron chi connectivity index (χ0n) is 13.8. The van der Waals surface area contributed by atoms with Gasteiger partial charge in [-0.1, -0.05) is 18.2 Å². The third-order valence-corrected chi connectivity index (χ3v) is 5.52. The molecule has 2 atom stereocenters. The van der Waals surface area contributed by atoms with Gasteiger partial charge in [0.25, 0.3) is 0 Å². The van der Waals surface area contributed by atoms with Crippen LogP contribution < -0.4 is 15.4 Å². The minimum Gasteiger partial charge on any atom is -0.496 e. The Morgan fingerprint density at radius 3 is 2.96 bits per heavy atom. The van der Waals surface area contributed by atoms with Crippen LogP contribution in [0.15, 0.2) is 35.7 Å². The Labute approximate surface area is 145 Å². The van der Waals surface area contributed by atoms with Crippen molar-refractivity contribution in [3.05, 3.63) is 51.7 Å². The normalized spacial score (nSPS) is 18.5. The molecule has 0 unspecified atom stereocenters. The monoisotopic (exact) mass is 346 g/mol. The number of carbonyl (C=O) groups excluding carboxylic acids is 1. The van der Waals surface area contributed by atoms with Crippen LogP contribution in [-0.4, -0.2) is 24.8 Å². The lowest BCUT2D eigenvalue weighted by Gasteiger charge is -2.23. The number of hydrogen-bond acceptors (Lipinski definition) is 4. The number of carbonyl (C=O) groups is 1. The van der Waals surface area contributed by atoms with Crippen LogP contribution in [0.1, 0.15) is 35.4 Å². The molecule has 1 aromatic carbocycles. The van der Waals surface area contributed by atoms with Crippen LogP contribution in [0.5, 0.6) is 5.75 Å². The van der Waals surface area contributed by atoms with Gasteiger partial charge < -0.3 is 20.5 Å². The van der Waals surface area contributed by atoms with Crippen molar-refractivity contribution in [2.24, 2.45) is 0 Å². The molecule has 0 aliphatic heterocycles. The number of ether oxygens (including phenoxy) is 1. The Kier molecular flexibility index (Phi) is 4.78. The van der Waals surface area contributed by atoms with Gasteiger partial charge in [-0.3, -0.25) is 0 Å². The fourth-order valence-electron chi connectivity index (χ4n) is 3.10. The summed E-state index contributed by atoms with van der Waals surface area (Å²) in [6, 6.07) is 9.37. The molecule has 6 heteroatoms. The molecule has 2 aromatic rings. The molecular weight excluding hydrogens is 324 g/mol. The van der Waals surface area contributed by atoms with Crippen LogP contribution in [0.3, 0.4) is 0 Å². The quantitative estimate of drug-likeness (QED) is 0.779. The fraction of sp³-hybridized carbons (Fsp3) is 0.389. The van der Waals surface area contributed by atoms with Crippen molar-refractivity contribution in [1.29, 1.82) is 0 Å². The molecule has 128 valence electrons. The van der Waals surface area contributed by atoms with Crippen LogP contribution in [0.4, 0.5) is 4.79 Å². The van der Waals surface area contributed by atoms with Crippen LogP contribution in [0, 0.1) is 0 Å². The van der Waals surface area contributed by atoms with Gasteiger partial charge in [-0.05, 0) is 48.4 Å². The van der Waals surface area contributed by atoms with E-state index in [9.17, 15) is 9.90 Å². The second kappa shape index (κ2) is 6.83. The lowest BCUT2D eigenvalue weighted by atomic mass is 10.1. The van der Waals surface area contributed by atoms with E-state index in [1.54, 1.807) is 14.0 Å². The highest BCUT2D eigenvalue weighted by atomic mass is 32.1. The molecule has 0 bridgehead atoms. The van der Waals surface area contributed by atoms with Gasteiger partial charge in [0.05, 0.1) is 19.7 Å². The van der Waals surface area contributed by atoms with Gasteiger partial charge in [0.15, 0.2) is 0 Å². The first-order valence-corrected chi connectivity index (χ1v) is 8.86. The summed E-state index contributed by atoms with van der Waals surface area (Å²) in [5.74, 6) is 0.873. The third-order valence-electron chi connectivity index (χ3n) is 4.40. The van der Waals surface area contributed by atoms with E-state index in [0.29, 0.717) is 0 Å². The highest BCUT2D eigenvalue weighted by molar-refractivity contribution is 7.10. The summed E-state index contributed by atoms with van der Waals surface area (Å²) >= 11 is 1.47. The topological polar surface area (TPSA) is 70.6 Å². The lowest BCUT2D eigenvalue weighted by molar-refractivity contribution is 0.0630. The molecule has 0 spiro atoms. The lowest BCUT2D eigenvalue weighted by Crippen LogP contribution is -2.44. The van der Waals surface area contributed by atoms with Gasteiger partial charge in [0, 0.05) is 4.88 Å². The molecule has 0 radical (unpaired) electrons. The van der Waals surface area contributed by atoms with Gasteiger partial charge in [-0.15, -0.1) is 11.3 Å². The zero-order chi connectivity index (χ0) is 17.2. The van der Waals surface area contributed by atoms with Crippen molar-refractivity contribution in [3.63, 3.8) is 0 Å². The Morgan fingerprint density at radius 2 is 2.25 bits per heavy atom. The van der Waals surface area contributed by atoms with Gasteiger partial charge >= 0.3 is 6.03 Å². The number of nitrogens with one attached hydrogen (secondary N) is 2. The minimum atomic E-state index is -1.07. The highest BCUT2D eigenvalue weighted by Crippen LogP contribution is 2.36. The maximum atomic E-state index is 12.2. The number of amides is 2. The number of aliphatic hydroxyl groups is 1. The molecule has 3 rings (SSSR count). The maximum absolute atomic E-state index is 12.2. The molecule has 1 aromatic heterocycles. The first kappa shape index (κ1) is 16.8. The summed E-state index contributed by atoms with van der Waals surface area (Å²) in [4.78, 5) is 13.1. The predicted octanol–water partition coefficient (Wildman–Crippen LogP) is 2.95. The van der Waals surface area contributed by atoms with E-state index in [0.717, 1.165) is 34.6 Å². The van der Waals surface area contributed by atoms with Crippen molar-refractivity contribution >= 4 is 17.4 Å². The average Bonchev–Trinajstić information content (AvgIpc) is 3.23. The fourth-order valence-corrected chi connectivity index (χ4v) is 3.88. The molecule has 5 nitrogen and oxygen atoms in total. The zero-order valence-corrected chi connectivity index (χ0v) is 14.7. The maximum Gasteiger partial charge on any atom is 0.315 e. The molecule has 24 heavy (non-hydrogen) atoms. The Hall–Kier alpha value is -2.05. The van der Waals surface area contributed by atoms with E-state index in [-0.39, 0.29) is 18.6 Å². The van der Waals surface area contributed by atoms with E-state index in [4.69, 9.17) is 4.74 Å². The van der Waals surface area contributed by atoms with E-state index in [1.807, 2.05) is 35.7 Å². The van der Waals surface area contributed by atoms with Crippen molar-refractivity contribution in [2.75, 3.05) is 13.7 Å². The van der Waals surface area contributed by atoms with E-state index < -0.39 is 5.60 Å². The van der Waals surface area contributed by atoms with E-state index in [2.05, 4.69) is 10.6 Å². The van der Waals surface area contributed by atoms with Crippen LogP contribution >= 0.6 is 11.3 Å². The van der Waals surface area contributed by atoms with E-state index >= 15 is 0 Å². The number of rotatable bonds is 5. The summed E-state index contributed by atoms with van der Waals surface area (Å²) in [6.45, 7) is 1.87. The summed E-state index contributed by atoms with van der Waals surface area (Å²) in [7, 11) is 1.66. The number of thiophene rings is 1. The second-order valence-corrected chi connectivity index (χ2v) is 7.15. The van der Waals surface area contributed by atoms with Crippen molar-refractivity contribution in [3.8, 4) is 5.75 Å². The Bertz CT molecular complexity index is 713. The van der Waals surface area contributed by atoms with Gasteiger partial charge in [-0.25, -0.2) is 4.79 Å².